The molecular weight excluding hydrogens is 396 g/mol. The Morgan fingerprint density at radius 2 is 2.03 bits per heavy atom. The fourth-order valence-electron chi connectivity index (χ4n) is 3.17. The van der Waals surface area contributed by atoms with Crippen LogP contribution in [0.1, 0.15) is 31.7 Å². The molecule has 0 spiro atoms. The van der Waals surface area contributed by atoms with E-state index >= 15 is 0 Å². The van der Waals surface area contributed by atoms with Crippen LogP contribution in [0, 0.1) is 11.8 Å². The lowest BCUT2D eigenvalue weighted by Gasteiger charge is -2.26. The SMILES string of the molecule is CCO[C@H](C(=O)O)C(C)c1ccc(OC/C=C/C#CC2(OC)C=CC=C(OC)C2)cc1. The molecule has 0 saturated heterocycles. The number of ether oxygens (including phenoxy) is 4. The van der Waals surface area contributed by atoms with E-state index in [-0.39, 0.29) is 5.92 Å². The smallest absolute Gasteiger partial charge is 0.333 e. The molecule has 0 amide bonds. The van der Waals surface area contributed by atoms with Gasteiger partial charge in [0.25, 0.3) is 0 Å². The normalized spacial score (nSPS) is 19.8. The Kier molecular flexibility index (Phi) is 9.39. The minimum atomic E-state index is -0.964. The Bertz CT molecular complexity index is 872. The molecule has 3 atom stereocenters. The van der Waals surface area contributed by atoms with Gasteiger partial charge in [-0.3, -0.25) is 0 Å². The van der Waals surface area contributed by atoms with Gasteiger partial charge in [-0.05, 0) is 48.9 Å². The molecule has 2 unspecified atom stereocenters. The Morgan fingerprint density at radius 3 is 2.65 bits per heavy atom. The molecule has 0 fully saturated rings. The number of aliphatic carboxylic acids is 1. The average Bonchev–Trinajstić information content (AvgIpc) is 2.79. The van der Waals surface area contributed by atoms with Crippen molar-refractivity contribution in [3.8, 4) is 17.6 Å². The van der Waals surface area contributed by atoms with Gasteiger partial charge in [-0.15, -0.1) is 0 Å². The Hall–Kier alpha value is -3.01. The van der Waals surface area contributed by atoms with Crippen molar-refractivity contribution in [2.24, 2.45) is 0 Å². The van der Waals surface area contributed by atoms with Crippen molar-refractivity contribution in [1.29, 1.82) is 0 Å². The highest BCUT2D eigenvalue weighted by atomic mass is 16.5. The van der Waals surface area contributed by atoms with Crippen molar-refractivity contribution in [2.45, 2.75) is 37.9 Å². The highest BCUT2D eigenvalue weighted by molar-refractivity contribution is 5.73. The van der Waals surface area contributed by atoms with Crippen LogP contribution in [0.2, 0.25) is 0 Å². The quantitative estimate of drug-likeness (QED) is 0.568. The van der Waals surface area contributed by atoms with Gasteiger partial charge in [-0.25, -0.2) is 4.79 Å². The van der Waals surface area contributed by atoms with Crippen LogP contribution in [0.15, 0.2) is 60.4 Å². The van der Waals surface area contributed by atoms with E-state index in [9.17, 15) is 9.90 Å². The number of hydrogen-bond donors (Lipinski definition) is 1. The van der Waals surface area contributed by atoms with Crippen LogP contribution in [-0.4, -0.2) is 50.2 Å². The molecule has 1 aliphatic rings. The first-order valence-electron chi connectivity index (χ1n) is 10.2. The van der Waals surface area contributed by atoms with Crippen molar-refractivity contribution in [3.05, 3.63) is 66.0 Å². The Balaban J connectivity index is 1.89. The maximum atomic E-state index is 11.4. The molecule has 0 radical (unpaired) electrons. The molecule has 1 N–H and O–H groups in total. The third-order valence-electron chi connectivity index (χ3n) is 4.99. The number of carbonyl (C=O) groups is 1. The van der Waals surface area contributed by atoms with Crippen molar-refractivity contribution >= 4 is 5.97 Å². The molecule has 0 aromatic heterocycles. The van der Waals surface area contributed by atoms with Crippen LogP contribution in [0.25, 0.3) is 0 Å². The van der Waals surface area contributed by atoms with Crippen LogP contribution in [0.5, 0.6) is 5.75 Å². The number of carboxylic acids is 1. The third kappa shape index (κ3) is 7.02. The molecular formula is C25H30O6. The zero-order valence-electron chi connectivity index (χ0n) is 18.5. The molecule has 6 nitrogen and oxygen atoms in total. The summed E-state index contributed by atoms with van der Waals surface area (Å²) in [6, 6.07) is 7.36. The number of allylic oxidation sites excluding steroid dienone is 3. The van der Waals surface area contributed by atoms with E-state index < -0.39 is 17.7 Å². The van der Waals surface area contributed by atoms with Gasteiger partial charge >= 0.3 is 5.97 Å². The van der Waals surface area contributed by atoms with Crippen molar-refractivity contribution in [1.82, 2.24) is 0 Å². The Morgan fingerprint density at radius 1 is 1.29 bits per heavy atom. The van der Waals surface area contributed by atoms with Crippen molar-refractivity contribution in [3.63, 3.8) is 0 Å². The number of methoxy groups -OCH3 is 2. The van der Waals surface area contributed by atoms with Gasteiger partial charge in [-0.1, -0.05) is 37.0 Å². The first-order valence-corrected chi connectivity index (χ1v) is 10.2. The van der Waals surface area contributed by atoms with Gasteiger partial charge in [0.05, 0.1) is 12.9 Å². The maximum absolute atomic E-state index is 11.4. The second-order valence-corrected chi connectivity index (χ2v) is 7.02. The first kappa shape index (κ1) is 24.3. The lowest BCUT2D eigenvalue weighted by molar-refractivity contribution is -0.151. The highest BCUT2D eigenvalue weighted by Crippen LogP contribution is 2.26. The van der Waals surface area contributed by atoms with Crippen molar-refractivity contribution in [2.75, 3.05) is 27.4 Å². The van der Waals surface area contributed by atoms with Crippen LogP contribution in [0.3, 0.4) is 0 Å². The predicted octanol–water partition coefficient (Wildman–Crippen LogP) is 4.09. The molecule has 0 saturated carbocycles. The summed E-state index contributed by atoms with van der Waals surface area (Å²) in [5, 5.41) is 9.33. The summed E-state index contributed by atoms with van der Waals surface area (Å²) in [7, 11) is 3.26. The molecule has 1 aromatic carbocycles. The first-order chi connectivity index (χ1) is 14.9. The zero-order chi connectivity index (χ0) is 22.7. The second kappa shape index (κ2) is 12.0. The van der Waals surface area contributed by atoms with Crippen LogP contribution >= 0.6 is 0 Å². The third-order valence-corrected chi connectivity index (χ3v) is 4.99. The van der Waals surface area contributed by atoms with E-state index in [1.807, 2.05) is 55.5 Å². The van der Waals surface area contributed by atoms with Crippen molar-refractivity contribution < 1.29 is 28.8 Å². The van der Waals surface area contributed by atoms with E-state index in [4.69, 9.17) is 18.9 Å². The topological polar surface area (TPSA) is 74.2 Å². The highest BCUT2D eigenvalue weighted by Gasteiger charge is 2.28. The monoisotopic (exact) mass is 426 g/mol. The van der Waals surface area contributed by atoms with Crippen LogP contribution in [0.4, 0.5) is 0 Å². The fraction of sp³-hybridized carbons (Fsp3) is 0.400. The summed E-state index contributed by atoms with van der Waals surface area (Å²) in [6.45, 7) is 4.33. The molecule has 0 bridgehead atoms. The maximum Gasteiger partial charge on any atom is 0.333 e. The van der Waals surface area contributed by atoms with Gasteiger partial charge < -0.3 is 24.1 Å². The van der Waals surface area contributed by atoms with Gasteiger partial charge in [0.15, 0.2) is 11.7 Å². The minimum absolute atomic E-state index is 0.267. The van der Waals surface area contributed by atoms with E-state index in [0.29, 0.717) is 25.4 Å². The van der Waals surface area contributed by atoms with E-state index in [1.54, 1.807) is 27.2 Å². The molecule has 2 rings (SSSR count). The molecule has 6 heteroatoms. The summed E-state index contributed by atoms with van der Waals surface area (Å²) in [5.74, 6) is 6.39. The zero-order valence-corrected chi connectivity index (χ0v) is 18.5. The van der Waals surface area contributed by atoms with Gasteiger partial charge in [0.1, 0.15) is 12.4 Å². The molecule has 166 valence electrons. The van der Waals surface area contributed by atoms with Crippen LogP contribution in [-0.2, 0) is 19.0 Å². The van der Waals surface area contributed by atoms with E-state index in [2.05, 4.69) is 11.8 Å². The number of benzene rings is 1. The lowest BCUT2D eigenvalue weighted by Crippen LogP contribution is -2.29. The average molecular weight is 427 g/mol. The number of hydrogen-bond acceptors (Lipinski definition) is 5. The largest absolute Gasteiger partial charge is 0.501 e. The fourth-order valence-corrected chi connectivity index (χ4v) is 3.17. The Labute approximate surface area is 184 Å². The van der Waals surface area contributed by atoms with E-state index in [0.717, 1.165) is 11.3 Å². The summed E-state index contributed by atoms with van der Waals surface area (Å²) in [6.07, 6.45) is 8.93. The summed E-state index contributed by atoms with van der Waals surface area (Å²) in [5.41, 5.74) is 0.192. The lowest BCUT2D eigenvalue weighted by atomic mass is 9.94. The second-order valence-electron chi connectivity index (χ2n) is 7.02. The summed E-state index contributed by atoms with van der Waals surface area (Å²) >= 11 is 0. The molecule has 1 aliphatic carbocycles. The standard InChI is InChI=1S/C25H30O6/c1-5-30-23(24(26)27)19(2)20-11-13-21(14-12-20)31-17-8-6-7-15-25(29-4)16-9-10-22(18-25)28-3/h6,8-14,16,19,23H,5,17-18H2,1-4H3,(H,26,27)/b8-6+/t19?,23-,25?/m0/s1. The van der Waals surface area contributed by atoms with Crippen LogP contribution < -0.4 is 4.74 Å². The molecule has 31 heavy (non-hydrogen) atoms. The minimum Gasteiger partial charge on any atom is -0.501 e. The summed E-state index contributed by atoms with van der Waals surface area (Å²) < 4.78 is 21.9. The molecule has 1 aromatic rings. The van der Waals surface area contributed by atoms with Gasteiger partial charge in [0, 0.05) is 26.1 Å². The number of carboxylic acid groups (broad SMARTS) is 1. The molecule has 0 heterocycles. The molecule has 0 aliphatic heterocycles. The predicted molar refractivity (Wildman–Crippen MR) is 119 cm³/mol. The van der Waals surface area contributed by atoms with Gasteiger partial charge in [-0.2, -0.15) is 0 Å². The van der Waals surface area contributed by atoms with E-state index in [1.165, 1.54) is 0 Å². The van der Waals surface area contributed by atoms with Gasteiger partial charge in [0.2, 0.25) is 0 Å². The summed E-state index contributed by atoms with van der Waals surface area (Å²) in [4.78, 5) is 11.4. The number of rotatable bonds is 10.